The fourth-order valence-electron chi connectivity index (χ4n) is 4.18. The summed E-state index contributed by atoms with van der Waals surface area (Å²) in [5.74, 6) is 2.76. The van der Waals surface area contributed by atoms with E-state index in [1.807, 2.05) is 6.07 Å². The molecule has 0 saturated carbocycles. The van der Waals surface area contributed by atoms with Crippen molar-refractivity contribution in [2.45, 2.75) is 44.3 Å². The standard InChI is InChI=1S/C23H23N/c1-2-18-10-6-11-20(14-18)21-15-22-12-7-13-23(16-21)24(22)17-19-8-4-3-5-9-19/h1,3-6,8-11,14-15,22-23H,7,12-13,16-17H2. The topological polar surface area (TPSA) is 3.24 Å². The molecular formula is C23H23N. The van der Waals surface area contributed by atoms with E-state index < -0.39 is 0 Å². The molecule has 1 fully saturated rings. The van der Waals surface area contributed by atoms with E-state index in [2.05, 4.69) is 65.4 Å². The molecule has 2 bridgehead atoms. The van der Waals surface area contributed by atoms with Gasteiger partial charge in [-0.1, -0.05) is 60.9 Å². The Bertz CT molecular complexity index is 781. The summed E-state index contributed by atoms with van der Waals surface area (Å²) in [6.07, 6.45) is 13.1. The number of benzene rings is 2. The molecule has 24 heavy (non-hydrogen) atoms. The molecule has 120 valence electrons. The molecule has 4 rings (SSSR count). The second-order valence-electron chi connectivity index (χ2n) is 6.93. The van der Waals surface area contributed by atoms with E-state index >= 15 is 0 Å². The highest BCUT2D eigenvalue weighted by Crippen LogP contribution is 2.38. The van der Waals surface area contributed by atoms with Gasteiger partial charge in [0.05, 0.1) is 0 Å². The van der Waals surface area contributed by atoms with Crippen molar-refractivity contribution in [1.82, 2.24) is 4.90 Å². The lowest BCUT2D eigenvalue weighted by Gasteiger charge is -2.45. The average molecular weight is 313 g/mol. The van der Waals surface area contributed by atoms with Crippen LogP contribution in [-0.2, 0) is 6.54 Å². The molecule has 0 aliphatic carbocycles. The van der Waals surface area contributed by atoms with E-state index in [0.717, 1.165) is 18.5 Å². The van der Waals surface area contributed by atoms with Crippen LogP contribution in [0.1, 0.15) is 42.4 Å². The van der Waals surface area contributed by atoms with Crippen molar-refractivity contribution < 1.29 is 0 Å². The predicted octanol–water partition coefficient (Wildman–Crippen LogP) is 4.88. The van der Waals surface area contributed by atoms with Crippen molar-refractivity contribution in [2.24, 2.45) is 0 Å². The zero-order valence-corrected chi connectivity index (χ0v) is 14.0. The smallest absolute Gasteiger partial charge is 0.0290 e. The van der Waals surface area contributed by atoms with Gasteiger partial charge in [-0.25, -0.2) is 0 Å². The Morgan fingerprint density at radius 1 is 1.04 bits per heavy atom. The molecule has 2 aromatic carbocycles. The fraction of sp³-hybridized carbons (Fsp3) is 0.304. The molecular weight excluding hydrogens is 290 g/mol. The molecule has 2 aromatic rings. The van der Waals surface area contributed by atoms with E-state index in [1.54, 1.807) is 0 Å². The van der Waals surface area contributed by atoms with Crippen LogP contribution in [0.2, 0.25) is 0 Å². The third-order valence-electron chi connectivity index (χ3n) is 5.39. The number of hydrogen-bond donors (Lipinski definition) is 0. The molecule has 2 atom stereocenters. The summed E-state index contributed by atoms with van der Waals surface area (Å²) in [6, 6.07) is 20.5. The number of fused-ring (bicyclic) bond motifs is 2. The third kappa shape index (κ3) is 3.03. The Morgan fingerprint density at radius 2 is 1.92 bits per heavy atom. The van der Waals surface area contributed by atoms with Gasteiger partial charge < -0.3 is 0 Å². The quantitative estimate of drug-likeness (QED) is 0.730. The lowest BCUT2D eigenvalue weighted by Crippen LogP contribution is -2.47. The second kappa shape index (κ2) is 6.67. The van der Waals surface area contributed by atoms with E-state index in [4.69, 9.17) is 6.42 Å². The van der Waals surface area contributed by atoms with Gasteiger partial charge in [-0.3, -0.25) is 4.90 Å². The van der Waals surface area contributed by atoms with Crippen molar-refractivity contribution in [3.05, 3.63) is 77.4 Å². The van der Waals surface area contributed by atoms with Crippen LogP contribution in [0.4, 0.5) is 0 Å². The predicted molar refractivity (Wildman–Crippen MR) is 100 cm³/mol. The van der Waals surface area contributed by atoms with E-state index in [-0.39, 0.29) is 0 Å². The Kier molecular flexibility index (Phi) is 4.24. The Balaban J connectivity index is 1.61. The van der Waals surface area contributed by atoms with E-state index in [9.17, 15) is 0 Å². The van der Waals surface area contributed by atoms with Gasteiger partial charge in [0.15, 0.2) is 0 Å². The fourth-order valence-corrected chi connectivity index (χ4v) is 4.18. The summed E-state index contributed by atoms with van der Waals surface area (Å²) in [7, 11) is 0. The number of terminal acetylenes is 1. The molecule has 0 aromatic heterocycles. The second-order valence-corrected chi connectivity index (χ2v) is 6.93. The molecule has 2 aliphatic rings. The first-order valence-corrected chi connectivity index (χ1v) is 8.91. The highest BCUT2D eigenvalue weighted by atomic mass is 15.2. The first-order valence-electron chi connectivity index (χ1n) is 8.91. The maximum absolute atomic E-state index is 5.57. The summed E-state index contributed by atoms with van der Waals surface area (Å²) in [5.41, 5.74) is 5.18. The van der Waals surface area contributed by atoms with Crippen molar-refractivity contribution in [1.29, 1.82) is 0 Å². The molecule has 0 spiro atoms. The van der Waals surface area contributed by atoms with Gasteiger partial charge in [0, 0.05) is 24.2 Å². The van der Waals surface area contributed by atoms with Crippen LogP contribution >= 0.6 is 0 Å². The van der Waals surface area contributed by atoms with Crippen LogP contribution in [0.3, 0.4) is 0 Å². The van der Waals surface area contributed by atoms with Gasteiger partial charge in [-0.15, -0.1) is 6.42 Å². The lowest BCUT2D eigenvalue weighted by molar-refractivity contribution is 0.0951. The van der Waals surface area contributed by atoms with E-state index in [0.29, 0.717) is 12.1 Å². The first kappa shape index (κ1) is 15.2. The number of nitrogens with zero attached hydrogens (tertiary/aromatic N) is 1. The largest absolute Gasteiger partial charge is 0.289 e. The normalized spacial score (nSPS) is 23.4. The molecule has 2 unspecified atom stereocenters. The minimum Gasteiger partial charge on any atom is -0.289 e. The van der Waals surface area contributed by atoms with Crippen molar-refractivity contribution >= 4 is 5.57 Å². The van der Waals surface area contributed by atoms with Crippen LogP contribution in [0.15, 0.2) is 60.7 Å². The molecule has 1 heteroatoms. The Morgan fingerprint density at radius 3 is 2.71 bits per heavy atom. The van der Waals surface area contributed by atoms with Gasteiger partial charge in [0.1, 0.15) is 0 Å². The lowest BCUT2D eigenvalue weighted by atomic mass is 9.82. The molecule has 0 amide bonds. The van der Waals surface area contributed by atoms with Gasteiger partial charge in [0.25, 0.3) is 0 Å². The molecule has 1 saturated heterocycles. The van der Waals surface area contributed by atoms with Crippen LogP contribution in [0, 0.1) is 12.3 Å². The Labute approximate surface area is 145 Å². The molecule has 0 radical (unpaired) electrons. The highest BCUT2D eigenvalue weighted by molar-refractivity contribution is 5.69. The average Bonchev–Trinajstić information content (AvgIpc) is 2.62. The van der Waals surface area contributed by atoms with Crippen molar-refractivity contribution in [3.63, 3.8) is 0 Å². The molecule has 1 nitrogen and oxygen atoms in total. The third-order valence-corrected chi connectivity index (χ3v) is 5.39. The summed E-state index contributed by atoms with van der Waals surface area (Å²) in [4.78, 5) is 2.70. The van der Waals surface area contributed by atoms with Crippen molar-refractivity contribution in [3.8, 4) is 12.3 Å². The van der Waals surface area contributed by atoms with Gasteiger partial charge in [-0.05, 0) is 48.1 Å². The summed E-state index contributed by atoms with van der Waals surface area (Å²) < 4.78 is 0. The molecule has 2 heterocycles. The minimum atomic E-state index is 0.558. The van der Waals surface area contributed by atoms with Gasteiger partial charge in [0.2, 0.25) is 0 Å². The zero-order valence-electron chi connectivity index (χ0n) is 14.0. The number of piperidine rings is 1. The monoisotopic (exact) mass is 313 g/mol. The van der Waals surface area contributed by atoms with Crippen LogP contribution in [-0.4, -0.2) is 17.0 Å². The van der Waals surface area contributed by atoms with Crippen LogP contribution in [0.5, 0.6) is 0 Å². The summed E-state index contributed by atoms with van der Waals surface area (Å²) in [5, 5.41) is 0. The zero-order chi connectivity index (χ0) is 16.4. The first-order chi connectivity index (χ1) is 11.8. The molecule has 0 N–H and O–H groups in total. The molecule has 2 aliphatic heterocycles. The summed E-state index contributed by atoms with van der Waals surface area (Å²) in [6.45, 7) is 1.06. The highest BCUT2D eigenvalue weighted by Gasteiger charge is 2.33. The SMILES string of the molecule is C#Cc1cccc(C2=CC3CCCC(C2)N3Cc2ccccc2)c1. The van der Waals surface area contributed by atoms with Crippen LogP contribution in [0.25, 0.3) is 5.57 Å². The van der Waals surface area contributed by atoms with E-state index in [1.165, 1.54) is 36.0 Å². The maximum atomic E-state index is 5.57. The maximum Gasteiger partial charge on any atom is 0.0290 e. The van der Waals surface area contributed by atoms with Gasteiger partial charge >= 0.3 is 0 Å². The Hall–Kier alpha value is -2.30. The number of hydrogen-bond acceptors (Lipinski definition) is 1. The number of rotatable bonds is 3. The van der Waals surface area contributed by atoms with Crippen LogP contribution < -0.4 is 0 Å². The summed E-state index contributed by atoms with van der Waals surface area (Å²) >= 11 is 0. The van der Waals surface area contributed by atoms with Crippen molar-refractivity contribution in [2.75, 3.05) is 0 Å². The minimum absolute atomic E-state index is 0.558. The van der Waals surface area contributed by atoms with Gasteiger partial charge in [-0.2, -0.15) is 0 Å².